The molecule has 7 heteroatoms. The van der Waals surface area contributed by atoms with E-state index < -0.39 is 0 Å². The molecule has 1 aromatic carbocycles. The summed E-state index contributed by atoms with van der Waals surface area (Å²) in [6, 6.07) is 9.31. The third kappa shape index (κ3) is 4.13. The van der Waals surface area contributed by atoms with Crippen LogP contribution in [-0.4, -0.2) is 23.2 Å². The number of nitrogens with zero attached hydrogens (tertiary/aromatic N) is 2. The molecule has 0 radical (unpaired) electrons. The first-order valence-corrected chi connectivity index (χ1v) is 8.41. The zero-order chi connectivity index (χ0) is 17.8. The first-order valence-electron chi connectivity index (χ1n) is 7.59. The smallest absolute Gasteiger partial charge is 0.248 e. The molecular weight excluding hydrogens is 338 g/mol. The number of rotatable bonds is 5. The second kappa shape index (κ2) is 7.31. The fourth-order valence-corrected chi connectivity index (χ4v) is 3.08. The lowest BCUT2D eigenvalue weighted by atomic mass is 10.2. The van der Waals surface area contributed by atoms with Gasteiger partial charge in [-0.25, -0.2) is 0 Å². The van der Waals surface area contributed by atoms with Crippen molar-refractivity contribution < 1.29 is 14.1 Å². The van der Waals surface area contributed by atoms with Crippen molar-refractivity contribution in [2.75, 3.05) is 12.4 Å². The molecule has 3 rings (SSSR count). The summed E-state index contributed by atoms with van der Waals surface area (Å²) in [6.07, 6.45) is 3.25. The van der Waals surface area contributed by atoms with Crippen molar-refractivity contribution in [3.63, 3.8) is 0 Å². The lowest BCUT2D eigenvalue weighted by Gasteiger charge is -2.01. The van der Waals surface area contributed by atoms with E-state index in [-0.39, 0.29) is 5.91 Å². The van der Waals surface area contributed by atoms with Crippen LogP contribution in [-0.2, 0) is 4.79 Å². The third-order valence-corrected chi connectivity index (χ3v) is 4.51. The molecule has 3 aromatic rings. The van der Waals surface area contributed by atoms with Crippen molar-refractivity contribution in [3.8, 4) is 16.5 Å². The van der Waals surface area contributed by atoms with Gasteiger partial charge in [0, 0.05) is 17.9 Å². The fraction of sp³-hybridized carbons (Fsp3) is 0.167. The quantitative estimate of drug-likeness (QED) is 0.698. The molecule has 25 heavy (non-hydrogen) atoms. The maximum absolute atomic E-state index is 12.1. The van der Waals surface area contributed by atoms with E-state index >= 15 is 0 Å². The van der Waals surface area contributed by atoms with Crippen molar-refractivity contribution in [3.05, 3.63) is 52.7 Å². The van der Waals surface area contributed by atoms with Gasteiger partial charge in [-0.1, -0.05) is 17.3 Å². The second-order valence-corrected chi connectivity index (χ2v) is 6.57. The van der Waals surface area contributed by atoms with E-state index in [0.717, 1.165) is 26.8 Å². The van der Waals surface area contributed by atoms with Crippen molar-refractivity contribution in [2.45, 2.75) is 13.8 Å². The molecule has 6 nitrogen and oxygen atoms in total. The molecule has 0 bridgehead atoms. The Labute approximate surface area is 149 Å². The molecule has 1 amide bonds. The number of carbonyl (C=O) groups is 1. The molecule has 0 unspecified atom stereocenters. The summed E-state index contributed by atoms with van der Waals surface area (Å²) in [5.41, 5.74) is 1.66. The molecule has 0 aliphatic heterocycles. The molecule has 0 aliphatic rings. The van der Waals surface area contributed by atoms with Gasteiger partial charge >= 0.3 is 0 Å². The summed E-state index contributed by atoms with van der Waals surface area (Å²) in [5, 5.41) is 6.77. The minimum absolute atomic E-state index is 0.201. The van der Waals surface area contributed by atoms with Crippen molar-refractivity contribution in [2.24, 2.45) is 0 Å². The molecule has 1 N–H and O–H groups in total. The Morgan fingerprint density at radius 2 is 2.04 bits per heavy atom. The van der Waals surface area contributed by atoms with Gasteiger partial charge in [-0.3, -0.25) is 4.79 Å². The number of aromatic nitrogens is 2. The summed E-state index contributed by atoms with van der Waals surface area (Å²) in [4.78, 5) is 18.2. The first-order chi connectivity index (χ1) is 12.0. The number of thiophene rings is 1. The molecule has 0 atom stereocenters. The highest BCUT2D eigenvalue weighted by Gasteiger charge is 2.13. The molecule has 2 aromatic heterocycles. The number of ether oxygens (including phenoxy) is 1. The predicted octanol–water partition coefficient (Wildman–Crippen LogP) is 4.08. The Kier molecular flexibility index (Phi) is 4.95. The number of methoxy groups -OCH3 is 1. The number of hydrogen-bond donors (Lipinski definition) is 1. The summed E-state index contributed by atoms with van der Waals surface area (Å²) >= 11 is 1.50. The summed E-state index contributed by atoms with van der Waals surface area (Å²) < 4.78 is 10.1. The van der Waals surface area contributed by atoms with E-state index in [1.165, 1.54) is 17.4 Å². The van der Waals surface area contributed by atoms with E-state index in [1.54, 1.807) is 20.1 Å². The number of amides is 1. The Morgan fingerprint density at radius 1 is 1.28 bits per heavy atom. The van der Waals surface area contributed by atoms with Gasteiger partial charge in [0.1, 0.15) is 5.75 Å². The van der Waals surface area contributed by atoms with Crippen LogP contribution < -0.4 is 10.1 Å². The number of carbonyl (C=O) groups excluding carboxylic acids is 1. The lowest BCUT2D eigenvalue weighted by Crippen LogP contribution is -2.07. The number of hydrogen-bond acceptors (Lipinski definition) is 6. The molecule has 0 saturated carbocycles. The molecule has 0 fully saturated rings. The van der Waals surface area contributed by atoms with Crippen LogP contribution in [0, 0.1) is 13.8 Å². The molecule has 0 aliphatic carbocycles. The van der Waals surface area contributed by atoms with E-state index in [2.05, 4.69) is 15.5 Å². The highest BCUT2D eigenvalue weighted by atomic mass is 32.1. The number of benzene rings is 1. The highest BCUT2D eigenvalue weighted by molar-refractivity contribution is 7.16. The van der Waals surface area contributed by atoms with Crippen LogP contribution in [0.2, 0.25) is 0 Å². The van der Waals surface area contributed by atoms with E-state index in [4.69, 9.17) is 9.26 Å². The average Bonchev–Trinajstić information content (AvgIpc) is 3.20. The van der Waals surface area contributed by atoms with Crippen LogP contribution in [0.25, 0.3) is 16.8 Å². The van der Waals surface area contributed by atoms with Crippen LogP contribution in [0.1, 0.15) is 16.3 Å². The molecule has 0 saturated heterocycles. The van der Waals surface area contributed by atoms with Crippen LogP contribution in [0.3, 0.4) is 0 Å². The topological polar surface area (TPSA) is 77.2 Å². The van der Waals surface area contributed by atoms with Gasteiger partial charge in [0.15, 0.2) is 0 Å². The normalized spacial score (nSPS) is 11.0. The maximum atomic E-state index is 12.1. The van der Waals surface area contributed by atoms with Gasteiger partial charge in [0.2, 0.25) is 17.6 Å². The Morgan fingerprint density at radius 3 is 2.68 bits per heavy atom. The summed E-state index contributed by atoms with van der Waals surface area (Å²) in [5.74, 6) is 1.61. The minimum Gasteiger partial charge on any atom is -0.497 e. The van der Waals surface area contributed by atoms with Crippen molar-refractivity contribution in [1.29, 1.82) is 0 Å². The van der Waals surface area contributed by atoms with Crippen molar-refractivity contribution >= 4 is 29.0 Å². The monoisotopic (exact) mass is 355 g/mol. The van der Waals surface area contributed by atoms with E-state index in [0.29, 0.717) is 11.7 Å². The third-order valence-electron chi connectivity index (χ3n) is 3.47. The zero-order valence-electron chi connectivity index (χ0n) is 14.1. The van der Waals surface area contributed by atoms with Gasteiger partial charge in [0.25, 0.3) is 0 Å². The second-order valence-electron chi connectivity index (χ2n) is 5.31. The van der Waals surface area contributed by atoms with Gasteiger partial charge in [-0.15, -0.1) is 11.3 Å². The Balaban J connectivity index is 1.68. The maximum Gasteiger partial charge on any atom is 0.248 e. The highest BCUT2D eigenvalue weighted by Crippen LogP contribution is 2.32. The van der Waals surface area contributed by atoms with Gasteiger partial charge < -0.3 is 14.6 Å². The molecule has 0 spiro atoms. The predicted molar refractivity (Wildman–Crippen MR) is 97.7 cm³/mol. The molecular formula is C18H17N3O3S. The SMILES string of the molecule is COc1ccc(/C=C/C(=O)Nc2cc(-c3noc(C)n3)sc2C)cc1. The number of anilines is 1. The largest absolute Gasteiger partial charge is 0.497 e. The lowest BCUT2D eigenvalue weighted by molar-refractivity contribution is -0.111. The molecule has 2 heterocycles. The summed E-state index contributed by atoms with van der Waals surface area (Å²) in [6.45, 7) is 3.67. The Bertz CT molecular complexity index is 910. The average molecular weight is 355 g/mol. The first kappa shape index (κ1) is 16.9. The van der Waals surface area contributed by atoms with Crippen LogP contribution >= 0.6 is 11.3 Å². The fourth-order valence-electron chi connectivity index (χ4n) is 2.18. The van der Waals surface area contributed by atoms with Gasteiger partial charge in [-0.2, -0.15) is 4.98 Å². The molecule has 128 valence electrons. The number of nitrogens with one attached hydrogen (secondary N) is 1. The van der Waals surface area contributed by atoms with Crippen LogP contribution in [0.15, 0.2) is 40.9 Å². The zero-order valence-corrected chi connectivity index (χ0v) is 14.9. The van der Waals surface area contributed by atoms with E-state index in [9.17, 15) is 4.79 Å². The van der Waals surface area contributed by atoms with Crippen molar-refractivity contribution in [1.82, 2.24) is 10.1 Å². The van der Waals surface area contributed by atoms with Gasteiger partial charge in [0.05, 0.1) is 17.7 Å². The minimum atomic E-state index is -0.201. The van der Waals surface area contributed by atoms with Crippen LogP contribution in [0.4, 0.5) is 5.69 Å². The number of aryl methyl sites for hydroxylation is 2. The Hall–Kier alpha value is -2.93. The van der Waals surface area contributed by atoms with E-state index in [1.807, 2.05) is 37.3 Å². The summed E-state index contributed by atoms with van der Waals surface area (Å²) in [7, 11) is 1.62. The van der Waals surface area contributed by atoms with Crippen LogP contribution in [0.5, 0.6) is 5.75 Å². The standard InChI is InChI=1S/C18H17N3O3S/c1-11-15(10-16(25-11)18-19-12(2)24-21-18)20-17(22)9-6-13-4-7-14(23-3)8-5-13/h4-10H,1-3H3,(H,20,22)/b9-6+. The van der Waals surface area contributed by atoms with Gasteiger partial charge in [-0.05, 0) is 36.8 Å².